The molecule has 1 atom stereocenters. The van der Waals surface area contributed by atoms with Crippen LogP contribution in [0.25, 0.3) is 0 Å². The van der Waals surface area contributed by atoms with E-state index in [1.54, 1.807) is 0 Å². The highest BCUT2D eigenvalue weighted by Crippen LogP contribution is 2.49. The highest BCUT2D eigenvalue weighted by molar-refractivity contribution is 4.99. The van der Waals surface area contributed by atoms with Crippen LogP contribution in [0, 0.1) is 5.41 Å². The van der Waals surface area contributed by atoms with E-state index in [0.29, 0.717) is 11.5 Å². The first-order chi connectivity index (χ1) is 5.37. The van der Waals surface area contributed by atoms with Gasteiger partial charge in [0.2, 0.25) is 0 Å². The molecule has 0 aromatic rings. The van der Waals surface area contributed by atoms with E-state index in [0.717, 1.165) is 0 Å². The standard InChI is InChI=1S/C9H17NO/c1-11-8-2-3-9(8)4-6-10-7-5-9/h8,10H,2-7H2,1H3. The topological polar surface area (TPSA) is 21.3 Å². The smallest absolute Gasteiger partial charge is 0.0628 e. The van der Waals surface area contributed by atoms with Crippen LogP contribution in [-0.2, 0) is 4.74 Å². The molecule has 0 aromatic heterocycles. The van der Waals surface area contributed by atoms with Crippen LogP contribution < -0.4 is 5.32 Å². The van der Waals surface area contributed by atoms with Crippen LogP contribution in [0.15, 0.2) is 0 Å². The molecule has 2 fully saturated rings. The van der Waals surface area contributed by atoms with E-state index < -0.39 is 0 Å². The zero-order valence-electron chi connectivity index (χ0n) is 7.23. The summed E-state index contributed by atoms with van der Waals surface area (Å²) in [4.78, 5) is 0. The molecule has 1 unspecified atom stereocenters. The number of methoxy groups -OCH3 is 1. The Kier molecular flexibility index (Phi) is 1.90. The molecule has 1 aliphatic carbocycles. The summed E-state index contributed by atoms with van der Waals surface area (Å²) in [5.74, 6) is 0. The molecule has 1 spiro atoms. The Morgan fingerprint density at radius 3 is 2.45 bits per heavy atom. The fraction of sp³-hybridized carbons (Fsp3) is 1.00. The van der Waals surface area contributed by atoms with E-state index in [9.17, 15) is 0 Å². The number of rotatable bonds is 1. The van der Waals surface area contributed by atoms with Crippen LogP contribution in [-0.4, -0.2) is 26.3 Å². The quantitative estimate of drug-likeness (QED) is 0.613. The van der Waals surface area contributed by atoms with E-state index in [4.69, 9.17) is 4.74 Å². The van der Waals surface area contributed by atoms with Gasteiger partial charge < -0.3 is 10.1 Å². The fourth-order valence-electron chi connectivity index (χ4n) is 2.53. The lowest BCUT2D eigenvalue weighted by Gasteiger charge is -2.51. The Hall–Kier alpha value is -0.0800. The van der Waals surface area contributed by atoms with E-state index in [1.807, 2.05) is 7.11 Å². The minimum absolute atomic E-state index is 0.574. The van der Waals surface area contributed by atoms with Crippen LogP contribution in [0.1, 0.15) is 25.7 Å². The summed E-state index contributed by atoms with van der Waals surface area (Å²) in [7, 11) is 1.85. The highest BCUT2D eigenvalue weighted by atomic mass is 16.5. The molecular formula is C9H17NO. The Balaban J connectivity index is 1.97. The average molecular weight is 155 g/mol. The number of nitrogens with one attached hydrogen (secondary N) is 1. The molecule has 2 nitrogen and oxygen atoms in total. The second-order valence-electron chi connectivity index (χ2n) is 3.88. The van der Waals surface area contributed by atoms with E-state index in [-0.39, 0.29) is 0 Å². The molecule has 0 radical (unpaired) electrons. The minimum atomic E-state index is 0.574. The molecule has 1 aliphatic heterocycles. The molecule has 0 bridgehead atoms. The van der Waals surface area contributed by atoms with Gasteiger partial charge in [0.25, 0.3) is 0 Å². The van der Waals surface area contributed by atoms with Crippen molar-refractivity contribution in [3.63, 3.8) is 0 Å². The molecule has 1 saturated carbocycles. The second kappa shape index (κ2) is 2.76. The maximum absolute atomic E-state index is 5.45. The molecule has 11 heavy (non-hydrogen) atoms. The summed E-state index contributed by atoms with van der Waals surface area (Å²) in [6.07, 6.45) is 5.91. The summed E-state index contributed by atoms with van der Waals surface area (Å²) in [5.41, 5.74) is 0.583. The molecule has 64 valence electrons. The van der Waals surface area contributed by atoms with Gasteiger partial charge in [-0.2, -0.15) is 0 Å². The first-order valence-electron chi connectivity index (χ1n) is 4.61. The lowest BCUT2D eigenvalue weighted by molar-refractivity contribution is -0.106. The Labute approximate surface area is 68.3 Å². The molecule has 2 aliphatic rings. The molecule has 2 rings (SSSR count). The Morgan fingerprint density at radius 1 is 1.27 bits per heavy atom. The summed E-state index contributed by atoms with van der Waals surface area (Å²) >= 11 is 0. The van der Waals surface area contributed by atoms with Gasteiger partial charge in [-0.05, 0) is 44.2 Å². The molecule has 1 saturated heterocycles. The van der Waals surface area contributed by atoms with Crippen molar-refractivity contribution in [2.45, 2.75) is 31.8 Å². The number of hydrogen-bond donors (Lipinski definition) is 1. The zero-order chi connectivity index (χ0) is 7.73. The van der Waals surface area contributed by atoms with Crippen LogP contribution in [0.4, 0.5) is 0 Å². The van der Waals surface area contributed by atoms with Gasteiger partial charge in [0.05, 0.1) is 6.10 Å². The van der Waals surface area contributed by atoms with Gasteiger partial charge in [0, 0.05) is 7.11 Å². The monoisotopic (exact) mass is 155 g/mol. The highest BCUT2D eigenvalue weighted by Gasteiger charge is 2.47. The lowest BCUT2D eigenvalue weighted by Crippen LogP contribution is -2.51. The first-order valence-corrected chi connectivity index (χ1v) is 4.61. The van der Waals surface area contributed by atoms with Crippen LogP contribution in [0.5, 0.6) is 0 Å². The fourth-order valence-corrected chi connectivity index (χ4v) is 2.53. The molecular weight excluding hydrogens is 138 g/mol. The maximum atomic E-state index is 5.45. The Bertz CT molecular complexity index is 138. The zero-order valence-corrected chi connectivity index (χ0v) is 7.23. The summed E-state index contributed by atoms with van der Waals surface area (Å²) in [5, 5.41) is 3.40. The molecule has 1 N–H and O–H groups in total. The van der Waals surface area contributed by atoms with Crippen LogP contribution in [0.2, 0.25) is 0 Å². The maximum Gasteiger partial charge on any atom is 0.0628 e. The number of piperidine rings is 1. The van der Waals surface area contributed by atoms with Crippen LogP contribution in [0.3, 0.4) is 0 Å². The van der Waals surface area contributed by atoms with Crippen molar-refractivity contribution in [2.75, 3.05) is 20.2 Å². The molecule has 1 heterocycles. The average Bonchev–Trinajstić information content (AvgIpc) is 2.05. The van der Waals surface area contributed by atoms with Gasteiger partial charge in [-0.1, -0.05) is 0 Å². The van der Waals surface area contributed by atoms with Crippen molar-refractivity contribution in [1.29, 1.82) is 0 Å². The van der Waals surface area contributed by atoms with Gasteiger partial charge >= 0.3 is 0 Å². The van der Waals surface area contributed by atoms with Crippen LogP contribution >= 0.6 is 0 Å². The molecule has 0 aromatic carbocycles. The van der Waals surface area contributed by atoms with Crippen molar-refractivity contribution in [3.05, 3.63) is 0 Å². The molecule has 0 amide bonds. The SMILES string of the molecule is COC1CCC12CCNCC2. The van der Waals surface area contributed by atoms with Crippen molar-refractivity contribution in [1.82, 2.24) is 5.32 Å². The van der Waals surface area contributed by atoms with Crippen molar-refractivity contribution in [3.8, 4) is 0 Å². The van der Waals surface area contributed by atoms with Gasteiger partial charge in [-0.3, -0.25) is 0 Å². The largest absolute Gasteiger partial charge is 0.381 e. The minimum Gasteiger partial charge on any atom is -0.381 e. The summed E-state index contributed by atoms with van der Waals surface area (Å²) < 4.78 is 5.45. The van der Waals surface area contributed by atoms with Gasteiger partial charge in [0.15, 0.2) is 0 Å². The molecule has 2 heteroatoms. The van der Waals surface area contributed by atoms with Gasteiger partial charge in [-0.25, -0.2) is 0 Å². The van der Waals surface area contributed by atoms with Crippen molar-refractivity contribution >= 4 is 0 Å². The summed E-state index contributed by atoms with van der Waals surface area (Å²) in [6.45, 7) is 2.39. The van der Waals surface area contributed by atoms with E-state index in [1.165, 1.54) is 38.8 Å². The Morgan fingerprint density at radius 2 is 2.00 bits per heavy atom. The predicted molar refractivity (Wildman–Crippen MR) is 44.6 cm³/mol. The van der Waals surface area contributed by atoms with E-state index in [2.05, 4.69) is 5.32 Å². The predicted octanol–water partition coefficient (Wildman–Crippen LogP) is 1.17. The second-order valence-corrected chi connectivity index (χ2v) is 3.88. The van der Waals surface area contributed by atoms with Gasteiger partial charge in [0.1, 0.15) is 0 Å². The van der Waals surface area contributed by atoms with Gasteiger partial charge in [-0.15, -0.1) is 0 Å². The van der Waals surface area contributed by atoms with Crippen molar-refractivity contribution < 1.29 is 4.74 Å². The number of hydrogen-bond acceptors (Lipinski definition) is 2. The third kappa shape index (κ3) is 1.09. The third-order valence-electron chi connectivity index (χ3n) is 3.47. The van der Waals surface area contributed by atoms with Crippen molar-refractivity contribution in [2.24, 2.45) is 5.41 Å². The lowest BCUT2D eigenvalue weighted by atomic mass is 9.61. The number of ether oxygens (including phenoxy) is 1. The van der Waals surface area contributed by atoms with E-state index >= 15 is 0 Å². The summed E-state index contributed by atoms with van der Waals surface area (Å²) in [6, 6.07) is 0. The normalized spacial score (nSPS) is 35.2. The first kappa shape index (κ1) is 7.56. The third-order valence-corrected chi connectivity index (χ3v) is 3.47.